The summed E-state index contributed by atoms with van der Waals surface area (Å²) in [6.07, 6.45) is 7.87. The van der Waals surface area contributed by atoms with Crippen molar-refractivity contribution in [2.24, 2.45) is 0 Å². The summed E-state index contributed by atoms with van der Waals surface area (Å²) in [5.41, 5.74) is 0. The molecule has 24 heavy (non-hydrogen) atoms. The summed E-state index contributed by atoms with van der Waals surface area (Å²) in [6, 6.07) is 7.11. The molecule has 0 unspecified atom stereocenters. The third kappa shape index (κ3) is 5.94. The summed E-state index contributed by atoms with van der Waals surface area (Å²) in [7, 11) is -1.33. The maximum absolute atomic E-state index is 12.9. The van der Waals surface area contributed by atoms with Gasteiger partial charge < -0.3 is 10.1 Å². The molecule has 0 saturated heterocycles. The fourth-order valence-electron chi connectivity index (χ4n) is 3.12. The molecule has 1 aromatic carbocycles. The highest BCUT2D eigenvalue weighted by Gasteiger charge is 2.31. The molecule has 6 heteroatoms. The van der Waals surface area contributed by atoms with E-state index in [4.69, 9.17) is 4.74 Å². The molecule has 0 radical (unpaired) electrons. The minimum absolute atomic E-state index is 0. The Hall–Kier alpha value is -0.780. The van der Waals surface area contributed by atoms with E-state index < -0.39 is 9.84 Å². The zero-order valence-corrected chi connectivity index (χ0v) is 16.1. The van der Waals surface area contributed by atoms with Crippen LogP contribution in [-0.2, 0) is 9.84 Å². The molecule has 1 fully saturated rings. The monoisotopic (exact) mass is 375 g/mol. The lowest BCUT2D eigenvalue weighted by Crippen LogP contribution is -2.24. The molecule has 0 spiro atoms. The van der Waals surface area contributed by atoms with E-state index in [-0.39, 0.29) is 17.7 Å². The average Bonchev–Trinajstić information content (AvgIpc) is 2.59. The number of benzene rings is 1. The van der Waals surface area contributed by atoms with Gasteiger partial charge in [-0.1, -0.05) is 31.4 Å². The van der Waals surface area contributed by atoms with Crippen LogP contribution in [-0.4, -0.2) is 33.9 Å². The van der Waals surface area contributed by atoms with E-state index in [0.29, 0.717) is 17.3 Å². The SMILES string of the molecule is CNCCCCCOc1ccccc1S(=O)(=O)C1CCCCC1.Cl. The second-order valence-electron chi connectivity index (χ2n) is 6.26. The normalized spacial score (nSPS) is 15.7. The highest BCUT2D eigenvalue weighted by molar-refractivity contribution is 7.92. The van der Waals surface area contributed by atoms with Crippen LogP contribution in [0.3, 0.4) is 0 Å². The van der Waals surface area contributed by atoms with Crippen LogP contribution in [0.1, 0.15) is 51.4 Å². The van der Waals surface area contributed by atoms with E-state index in [2.05, 4.69) is 5.32 Å². The van der Waals surface area contributed by atoms with Gasteiger partial charge in [-0.05, 0) is 57.8 Å². The first-order chi connectivity index (χ1) is 11.2. The van der Waals surface area contributed by atoms with Crippen molar-refractivity contribution in [1.29, 1.82) is 0 Å². The number of halogens is 1. The molecular weight excluding hydrogens is 346 g/mol. The Morgan fingerprint density at radius 1 is 1.08 bits per heavy atom. The molecule has 0 aromatic heterocycles. The van der Waals surface area contributed by atoms with Crippen LogP contribution in [0.25, 0.3) is 0 Å². The Balaban J connectivity index is 0.00000288. The average molecular weight is 376 g/mol. The standard InChI is InChI=1S/C18H29NO3S.ClH/c1-19-14-8-3-9-15-22-17-12-6-7-13-18(17)23(20,21)16-10-4-2-5-11-16;/h6-7,12-13,16,19H,2-5,8-11,14-15H2,1H3;1H. The number of ether oxygens (including phenoxy) is 1. The van der Waals surface area contributed by atoms with Crippen molar-refractivity contribution in [3.8, 4) is 5.75 Å². The largest absolute Gasteiger partial charge is 0.492 e. The quantitative estimate of drug-likeness (QED) is 0.663. The number of hydrogen-bond acceptors (Lipinski definition) is 4. The Kier molecular flexibility index (Phi) is 9.71. The van der Waals surface area contributed by atoms with E-state index in [0.717, 1.165) is 57.9 Å². The van der Waals surface area contributed by atoms with Gasteiger partial charge in [0.15, 0.2) is 9.84 Å². The third-order valence-corrected chi connectivity index (χ3v) is 6.77. The molecule has 1 saturated carbocycles. The molecule has 0 atom stereocenters. The van der Waals surface area contributed by atoms with Gasteiger partial charge in [0.2, 0.25) is 0 Å². The maximum atomic E-state index is 12.9. The Morgan fingerprint density at radius 3 is 2.50 bits per heavy atom. The topological polar surface area (TPSA) is 55.4 Å². The highest BCUT2D eigenvalue weighted by atomic mass is 35.5. The van der Waals surface area contributed by atoms with Gasteiger partial charge in [0.25, 0.3) is 0 Å². The summed E-state index contributed by atoms with van der Waals surface area (Å²) in [6.45, 7) is 1.58. The molecule has 1 aliphatic carbocycles. The maximum Gasteiger partial charge on any atom is 0.184 e. The molecular formula is C18H30ClNO3S. The fraction of sp³-hybridized carbons (Fsp3) is 0.667. The predicted octanol–water partition coefficient (Wildman–Crippen LogP) is 3.98. The van der Waals surface area contributed by atoms with Gasteiger partial charge in [-0.2, -0.15) is 0 Å². The number of nitrogens with one attached hydrogen (secondary N) is 1. The van der Waals surface area contributed by atoms with Crippen molar-refractivity contribution in [3.05, 3.63) is 24.3 Å². The second kappa shape index (κ2) is 11.0. The van der Waals surface area contributed by atoms with Crippen molar-refractivity contribution in [2.75, 3.05) is 20.2 Å². The molecule has 1 aromatic rings. The molecule has 0 amide bonds. The van der Waals surface area contributed by atoms with Crippen molar-refractivity contribution in [1.82, 2.24) is 5.32 Å². The van der Waals surface area contributed by atoms with E-state index >= 15 is 0 Å². The van der Waals surface area contributed by atoms with Gasteiger partial charge in [0, 0.05) is 0 Å². The van der Waals surface area contributed by atoms with Crippen molar-refractivity contribution in [3.63, 3.8) is 0 Å². The molecule has 0 aliphatic heterocycles. The van der Waals surface area contributed by atoms with Gasteiger partial charge >= 0.3 is 0 Å². The molecule has 1 aliphatic rings. The van der Waals surface area contributed by atoms with E-state index in [1.165, 1.54) is 0 Å². The van der Waals surface area contributed by atoms with Crippen LogP contribution in [0.2, 0.25) is 0 Å². The predicted molar refractivity (Wildman–Crippen MR) is 101 cm³/mol. The Morgan fingerprint density at radius 2 is 1.79 bits per heavy atom. The Bertz CT molecular complexity index is 571. The highest BCUT2D eigenvalue weighted by Crippen LogP contribution is 2.33. The Labute approximate surface area is 152 Å². The summed E-state index contributed by atoms with van der Waals surface area (Å²) in [5, 5.41) is 2.88. The van der Waals surface area contributed by atoms with Crippen LogP contribution in [0.4, 0.5) is 0 Å². The number of para-hydroxylation sites is 1. The van der Waals surface area contributed by atoms with Crippen LogP contribution >= 0.6 is 12.4 Å². The lowest BCUT2D eigenvalue weighted by atomic mass is 10.0. The lowest BCUT2D eigenvalue weighted by Gasteiger charge is -2.23. The van der Waals surface area contributed by atoms with Crippen LogP contribution in [0.5, 0.6) is 5.75 Å². The van der Waals surface area contributed by atoms with Gasteiger partial charge in [-0.25, -0.2) is 8.42 Å². The molecule has 1 N–H and O–H groups in total. The fourth-order valence-corrected chi connectivity index (χ4v) is 5.11. The number of sulfone groups is 1. The smallest absolute Gasteiger partial charge is 0.184 e. The zero-order valence-electron chi connectivity index (χ0n) is 14.5. The first kappa shape index (κ1) is 21.3. The minimum Gasteiger partial charge on any atom is -0.492 e. The number of unbranched alkanes of at least 4 members (excludes halogenated alkanes) is 2. The van der Waals surface area contributed by atoms with E-state index in [9.17, 15) is 8.42 Å². The van der Waals surface area contributed by atoms with Gasteiger partial charge in [-0.15, -0.1) is 12.4 Å². The van der Waals surface area contributed by atoms with Crippen molar-refractivity contribution >= 4 is 22.2 Å². The summed E-state index contributed by atoms with van der Waals surface area (Å²) in [4.78, 5) is 0.377. The summed E-state index contributed by atoms with van der Waals surface area (Å²) >= 11 is 0. The molecule has 0 heterocycles. The third-order valence-electron chi connectivity index (χ3n) is 4.48. The lowest BCUT2D eigenvalue weighted by molar-refractivity contribution is 0.297. The van der Waals surface area contributed by atoms with Crippen LogP contribution in [0.15, 0.2) is 29.2 Å². The number of rotatable bonds is 9. The molecule has 0 bridgehead atoms. The van der Waals surface area contributed by atoms with Crippen LogP contribution in [0, 0.1) is 0 Å². The minimum atomic E-state index is -3.28. The van der Waals surface area contributed by atoms with Gasteiger partial charge in [0.05, 0.1) is 11.9 Å². The van der Waals surface area contributed by atoms with Gasteiger partial charge in [0.1, 0.15) is 10.6 Å². The van der Waals surface area contributed by atoms with Crippen molar-refractivity contribution < 1.29 is 13.2 Å². The first-order valence-corrected chi connectivity index (χ1v) is 10.3. The van der Waals surface area contributed by atoms with Crippen LogP contribution < -0.4 is 10.1 Å². The summed E-state index contributed by atoms with van der Waals surface area (Å²) in [5.74, 6) is 0.520. The molecule has 4 nitrogen and oxygen atoms in total. The molecule has 138 valence electrons. The van der Waals surface area contributed by atoms with Gasteiger partial charge in [-0.3, -0.25) is 0 Å². The van der Waals surface area contributed by atoms with E-state index in [1.807, 2.05) is 13.1 Å². The number of hydrogen-bond donors (Lipinski definition) is 1. The second-order valence-corrected chi connectivity index (χ2v) is 8.46. The summed E-state index contributed by atoms with van der Waals surface area (Å²) < 4.78 is 31.6. The zero-order chi connectivity index (χ0) is 16.5. The van der Waals surface area contributed by atoms with Crippen molar-refractivity contribution in [2.45, 2.75) is 61.5 Å². The molecule has 2 rings (SSSR count). The first-order valence-electron chi connectivity index (χ1n) is 8.76. The van der Waals surface area contributed by atoms with E-state index in [1.54, 1.807) is 18.2 Å².